The van der Waals surface area contributed by atoms with Gasteiger partial charge >= 0.3 is 0 Å². The number of anilines is 1. The maximum atomic E-state index is 12.2. The van der Waals surface area contributed by atoms with E-state index in [2.05, 4.69) is 10.4 Å². The van der Waals surface area contributed by atoms with Gasteiger partial charge in [-0.05, 0) is 31.2 Å². The van der Waals surface area contributed by atoms with Crippen molar-refractivity contribution in [3.8, 4) is 5.69 Å². The van der Waals surface area contributed by atoms with E-state index in [4.69, 9.17) is 16.3 Å². The number of carbonyl (C=O) groups is 1. The number of ether oxygens (including phenoxy) is 1. The Balaban J connectivity index is 1.60. The third kappa shape index (κ3) is 3.83. The minimum Gasteiger partial charge on any atom is -0.376 e. The molecule has 0 saturated carbocycles. The first-order valence-corrected chi connectivity index (χ1v) is 7.94. The number of hydrogen-bond acceptors (Lipinski definition) is 4. The van der Waals surface area contributed by atoms with Gasteiger partial charge in [0.25, 0.3) is 0 Å². The standard InChI is InChI=1S/C16H19ClN4O2/c1-12-11-20(7-8-23-12)16(22)10-18-13-3-4-15(14(17)9-13)21-6-2-5-19-21/h2-6,9,12,18H,7-8,10-11H2,1H3. The minimum absolute atomic E-state index is 0.0624. The lowest BCUT2D eigenvalue weighted by Crippen LogP contribution is -2.46. The Bertz CT molecular complexity index is 675. The first-order valence-electron chi connectivity index (χ1n) is 7.56. The van der Waals surface area contributed by atoms with Crippen LogP contribution in [0.1, 0.15) is 6.92 Å². The van der Waals surface area contributed by atoms with Crippen LogP contribution in [0.3, 0.4) is 0 Å². The third-order valence-electron chi connectivity index (χ3n) is 3.74. The van der Waals surface area contributed by atoms with Crippen LogP contribution in [-0.4, -0.2) is 52.9 Å². The Hall–Kier alpha value is -2.05. The lowest BCUT2D eigenvalue weighted by Gasteiger charge is -2.31. The molecule has 0 radical (unpaired) electrons. The summed E-state index contributed by atoms with van der Waals surface area (Å²) in [6, 6.07) is 7.40. The largest absolute Gasteiger partial charge is 0.376 e. The fourth-order valence-electron chi connectivity index (χ4n) is 2.55. The highest BCUT2D eigenvalue weighted by atomic mass is 35.5. The van der Waals surface area contributed by atoms with Crippen molar-refractivity contribution in [2.24, 2.45) is 0 Å². The van der Waals surface area contributed by atoms with Gasteiger partial charge in [-0.15, -0.1) is 0 Å². The number of halogens is 1. The number of rotatable bonds is 4. The molecule has 122 valence electrons. The molecular weight excluding hydrogens is 316 g/mol. The number of amides is 1. The first kappa shape index (κ1) is 15.8. The molecule has 6 nitrogen and oxygen atoms in total. The van der Waals surface area contributed by atoms with E-state index in [9.17, 15) is 4.79 Å². The molecule has 1 saturated heterocycles. The molecule has 1 unspecified atom stereocenters. The van der Waals surface area contributed by atoms with Crippen LogP contribution in [0.2, 0.25) is 5.02 Å². The summed E-state index contributed by atoms with van der Waals surface area (Å²) in [4.78, 5) is 14.0. The number of nitrogens with one attached hydrogen (secondary N) is 1. The number of aromatic nitrogens is 2. The molecule has 2 heterocycles. The summed E-state index contributed by atoms with van der Waals surface area (Å²) in [6.45, 7) is 4.09. The summed E-state index contributed by atoms with van der Waals surface area (Å²) in [6.07, 6.45) is 3.62. The summed E-state index contributed by atoms with van der Waals surface area (Å²) >= 11 is 6.29. The van der Waals surface area contributed by atoms with E-state index in [1.54, 1.807) is 16.9 Å². The molecule has 1 atom stereocenters. The average molecular weight is 335 g/mol. The smallest absolute Gasteiger partial charge is 0.242 e. The van der Waals surface area contributed by atoms with E-state index in [1.165, 1.54) is 0 Å². The molecule has 1 aliphatic heterocycles. The molecule has 0 spiro atoms. The molecule has 7 heteroatoms. The highest BCUT2D eigenvalue weighted by Gasteiger charge is 2.20. The van der Waals surface area contributed by atoms with Crippen molar-refractivity contribution in [3.63, 3.8) is 0 Å². The third-order valence-corrected chi connectivity index (χ3v) is 4.04. The number of benzene rings is 1. The molecule has 2 aromatic rings. The predicted molar refractivity (Wildman–Crippen MR) is 89.1 cm³/mol. The van der Waals surface area contributed by atoms with Crippen molar-refractivity contribution in [3.05, 3.63) is 41.7 Å². The van der Waals surface area contributed by atoms with Crippen molar-refractivity contribution < 1.29 is 9.53 Å². The van der Waals surface area contributed by atoms with Crippen molar-refractivity contribution in [1.29, 1.82) is 0 Å². The average Bonchev–Trinajstić information content (AvgIpc) is 3.07. The topological polar surface area (TPSA) is 59.4 Å². The van der Waals surface area contributed by atoms with Gasteiger partial charge in [0.15, 0.2) is 0 Å². The molecule has 1 aromatic carbocycles. The first-order chi connectivity index (χ1) is 11.1. The van der Waals surface area contributed by atoms with E-state index in [0.29, 0.717) is 24.7 Å². The lowest BCUT2D eigenvalue weighted by atomic mass is 10.2. The molecular formula is C16H19ClN4O2. The zero-order valence-corrected chi connectivity index (χ0v) is 13.7. The second kappa shape index (κ2) is 7.02. The summed E-state index contributed by atoms with van der Waals surface area (Å²) in [7, 11) is 0. The summed E-state index contributed by atoms with van der Waals surface area (Å²) in [5.74, 6) is 0.0624. The van der Waals surface area contributed by atoms with Crippen LogP contribution in [-0.2, 0) is 9.53 Å². The van der Waals surface area contributed by atoms with E-state index >= 15 is 0 Å². The molecule has 1 aliphatic rings. The summed E-state index contributed by atoms with van der Waals surface area (Å²) in [5.41, 5.74) is 1.61. The fraction of sp³-hybridized carbons (Fsp3) is 0.375. The van der Waals surface area contributed by atoms with Gasteiger partial charge in [0.1, 0.15) is 0 Å². The molecule has 23 heavy (non-hydrogen) atoms. The molecule has 1 fully saturated rings. The molecule has 3 rings (SSSR count). The predicted octanol–water partition coefficient (Wildman–Crippen LogP) is 2.18. The van der Waals surface area contributed by atoms with Gasteiger partial charge in [0.05, 0.1) is 30.0 Å². The molecule has 1 amide bonds. The van der Waals surface area contributed by atoms with E-state index in [1.807, 2.05) is 36.2 Å². The molecule has 0 aliphatic carbocycles. The van der Waals surface area contributed by atoms with Crippen molar-refractivity contribution >= 4 is 23.2 Å². The van der Waals surface area contributed by atoms with Gasteiger partial charge in [-0.25, -0.2) is 4.68 Å². The maximum Gasteiger partial charge on any atom is 0.242 e. The fourth-order valence-corrected chi connectivity index (χ4v) is 2.82. The van der Waals surface area contributed by atoms with Crippen LogP contribution in [0.15, 0.2) is 36.7 Å². The SMILES string of the molecule is CC1CN(C(=O)CNc2ccc(-n3cccn3)c(Cl)c2)CCO1. The Morgan fingerprint density at radius 2 is 2.39 bits per heavy atom. The van der Waals surface area contributed by atoms with E-state index in [0.717, 1.165) is 11.4 Å². The van der Waals surface area contributed by atoms with Gasteiger partial charge in [-0.2, -0.15) is 5.10 Å². The zero-order valence-electron chi connectivity index (χ0n) is 12.9. The van der Waals surface area contributed by atoms with Gasteiger partial charge < -0.3 is 15.0 Å². The highest BCUT2D eigenvalue weighted by Crippen LogP contribution is 2.23. The van der Waals surface area contributed by atoms with Crippen molar-refractivity contribution in [1.82, 2.24) is 14.7 Å². The number of morpholine rings is 1. The minimum atomic E-state index is 0.0624. The summed E-state index contributed by atoms with van der Waals surface area (Å²) in [5, 5.41) is 7.86. The van der Waals surface area contributed by atoms with Crippen LogP contribution in [0.4, 0.5) is 5.69 Å². The Morgan fingerprint density at radius 1 is 1.52 bits per heavy atom. The van der Waals surface area contributed by atoms with Gasteiger partial charge in [-0.3, -0.25) is 4.79 Å². The van der Waals surface area contributed by atoms with E-state index < -0.39 is 0 Å². The molecule has 1 N–H and O–H groups in total. The number of hydrogen-bond donors (Lipinski definition) is 1. The number of nitrogens with zero attached hydrogens (tertiary/aromatic N) is 3. The van der Waals surface area contributed by atoms with Crippen LogP contribution < -0.4 is 5.32 Å². The Morgan fingerprint density at radius 3 is 3.09 bits per heavy atom. The second-order valence-corrected chi connectivity index (χ2v) is 5.90. The van der Waals surface area contributed by atoms with Crippen LogP contribution in [0.25, 0.3) is 5.69 Å². The molecule has 1 aromatic heterocycles. The van der Waals surface area contributed by atoms with Gasteiger partial charge in [0, 0.05) is 31.2 Å². The second-order valence-electron chi connectivity index (χ2n) is 5.49. The van der Waals surface area contributed by atoms with Crippen LogP contribution in [0, 0.1) is 0 Å². The summed E-state index contributed by atoms with van der Waals surface area (Å²) < 4.78 is 7.15. The van der Waals surface area contributed by atoms with Gasteiger partial charge in [-0.1, -0.05) is 11.6 Å². The van der Waals surface area contributed by atoms with Crippen molar-refractivity contribution in [2.45, 2.75) is 13.0 Å². The molecule has 0 bridgehead atoms. The van der Waals surface area contributed by atoms with Gasteiger partial charge in [0.2, 0.25) is 5.91 Å². The number of carbonyl (C=O) groups excluding carboxylic acids is 1. The van der Waals surface area contributed by atoms with E-state index in [-0.39, 0.29) is 18.6 Å². The monoisotopic (exact) mass is 334 g/mol. The Labute approximate surface area is 140 Å². The lowest BCUT2D eigenvalue weighted by molar-refractivity contribution is -0.136. The zero-order chi connectivity index (χ0) is 16.2. The Kier molecular flexibility index (Phi) is 4.83. The highest BCUT2D eigenvalue weighted by molar-refractivity contribution is 6.32. The normalized spacial score (nSPS) is 18.0. The quantitative estimate of drug-likeness (QED) is 0.931. The van der Waals surface area contributed by atoms with Crippen LogP contribution in [0.5, 0.6) is 0 Å². The maximum absolute atomic E-state index is 12.2. The van der Waals surface area contributed by atoms with Crippen LogP contribution >= 0.6 is 11.6 Å². The van der Waals surface area contributed by atoms with Crippen molar-refractivity contribution in [2.75, 3.05) is 31.6 Å².